The maximum Gasteiger partial charge on any atom is 0.193 e. The molecule has 0 amide bonds. The summed E-state index contributed by atoms with van der Waals surface area (Å²) < 4.78 is 5.43. The van der Waals surface area contributed by atoms with E-state index in [0.717, 1.165) is 44.6 Å². The molecule has 23 heavy (non-hydrogen) atoms. The van der Waals surface area contributed by atoms with Crippen LogP contribution >= 0.6 is 0 Å². The van der Waals surface area contributed by atoms with Crippen molar-refractivity contribution in [3.05, 3.63) is 35.4 Å². The van der Waals surface area contributed by atoms with Gasteiger partial charge < -0.3 is 15.0 Å². The lowest BCUT2D eigenvalue weighted by Gasteiger charge is -2.26. The fourth-order valence-electron chi connectivity index (χ4n) is 3.09. The second-order valence-corrected chi connectivity index (χ2v) is 6.48. The van der Waals surface area contributed by atoms with Crippen molar-refractivity contribution in [3.63, 3.8) is 0 Å². The molecule has 128 valence electrons. The molecule has 1 aromatic rings. The van der Waals surface area contributed by atoms with E-state index in [1.807, 2.05) is 7.05 Å². The molecule has 0 unspecified atom stereocenters. The lowest BCUT2D eigenvalue weighted by atomic mass is 9.96. The van der Waals surface area contributed by atoms with Crippen LogP contribution in [0.5, 0.6) is 0 Å². The Morgan fingerprint density at radius 1 is 1.35 bits per heavy atom. The Kier molecular flexibility index (Phi) is 7.40. The Labute approximate surface area is 140 Å². The number of benzene rings is 1. The van der Waals surface area contributed by atoms with Crippen LogP contribution < -0.4 is 5.32 Å². The molecule has 1 fully saturated rings. The highest BCUT2D eigenvalue weighted by molar-refractivity contribution is 5.79. The van der Waals surface area contributed by atoms with Crippen molar-refractivity contribution < 1.29 is 4.74 Å². The largest absolute Gasteiger partial charge is 0.381 e. The smallest absolute Gasteiger partial charge is 0.193 e. The minimum Gasteiger partial charge on any atom is -0.381 e. The van der Waals surface area contributed by atoms with Crippen molar-refractivity contribution in [2.24, 2.45) is 10.9 Å². The molecule has 0 aliphatic carbocycles. The number of hydrogen-bond donors (Lipinski definition) is 1. The van der Waals surface area contributed by atoms with E-state index in [0.29, 0.717) is 0 Å². The molecule has 0 radical (unpaired) electrons. The van der Waals surface area contributed by atoms with Crippen LogP contribution in [0.2, 0.25) is 0 Å². The normalized spacial score (nSPS) is 16.4. The third kappa shape index (κ3) is 6.22. The fraction of sp³-hybridized carbons (Fsp3) is 0.632. The molecule has 4 heteroatoms. The minimum atomic E-state index is 0.802. The van der Waals surface area contributed by atoms with Gasteiger partial charge in [0.05, 0.1) is 0 Å². The number of aliphatic imine (C=N–C) groups is 1. The van der Waals surface area contributed by atoms with E-state index in [1.165, 1.54) is 30.4 Å². The van der Waals surface area contributed by atoms with E-state index >= 15 is 0 Å². The molecule has 4 nitrogen and oxygen atoms in total. The van der Waals surface area contributed by atoms with Crippen molar-refractivity contribution >= 4 is 5.96 Å². The summed E-state index contributed by atoms with van der Waals surface area (Å²) in [4.78, 5) is 6.65. The number of nitrogens with one attached hydrogen (secondary N) is 1. The van der Waals surface area contributed by atoms with Crippen molar-refractivity contribution in [1.82, 2.24) is 10.2 Å². The number of ether oxygens (including phenoxy) is 1. The van der Waals surface area contributed by atoms with E-state index in [-0.39, 0.29) is 0 Å². The fourth-order valence-corrected chi connectivity index (χ4v) is 3.09. The monoisotopic (exact) mass is 317 g/mol. The third-order valence-corrected chi connectivity index (χ3v) is 4.57. The molecular formula is C19H31N3O. The van der Waals surface area contributed by atoms with Gasteiger partial charge in [-0.3, -0.25) is 4.99 Å². The molecule has 0 saturated carbocycles. The quantitative estimate of drug-likeness (QED) is 0.647. The molecule has 1 N–H and O–H groups in total. The van der Waals surface area contributed by atoms with E-state index in [4.69, 9.17) is 4.74 Å². The van der Waals surface area contributed by atoms with Crippen LogP contribution in [-0.4, -0.2) is 51.3 Å². The molecule has 1 aliphatic heterocycles. The zero-order chi connectivity index (χ0) is 16.5. The predicted octanol–water partition coefficient (Wildman–Crippen LogP) is 2.86. The summed E-state index contributed by atoms with van der Waals surface area (Å²) in [7, 11) is 3.99. The van der Waals surface area contributed by atoms with E-state index in [9.17, 15) is 0 Å². The van der Waals surface area contributed by atoms with Crippen molar-refractivity contribution in [1.29, 1.82) is 0 Å². The first-order valence-electron chi connectivity index (χ1n) is 8.74. The van der Waals surface area contributed by atoms with Gasteiger partial charge in [0.25, 0.3) is 0 Å². The molecule has 0 bridgehead atoms. The average Bonchev–Trinajstić information content (AvgIpc) is 2.57. The molecular weight excluding hydrogens is 286 g/mol. The highest BCUT2D eigenvalue weighted by Gasteiger charge is 2.15. The van der Waals surface area contributed by atoms with Crippen LogP contribution in [-0.2, 0) is 11.2 Å². The maximum atomic E-state index is 5.43. The van der Waals surface area contributed by atoms with E-state index in [2.05, 4.69) is 53.4 Å². The number of aryl methyl sites for hydroxylation is 1. The van der Waals surface area contributed by atoms with Gasteiger partial charge in [-0.1, -0.05) is 29.8 Å². The molecule has 2 rings (SSSR count). The van der Waals surface area contributed by atoms with Crippen molar-refractivity contribution in [3.8, 4) is 0 Å². The van der Waals surface area contributed by atoms with Crippen molar-refractivity contribution in [2.45, 2.75) is 32.6 Å². The van der Waals surface area contributed by atoms with Crippen molar-refractivity contribution in [2.75, 3.05) is 40.4 Å². The van der Waals surface area contributed by atoms with Crippen LogP contribution in [0.4, 0.5) is 0 Å². The molecule has 0 aromatic heterocycles. The van der Waals surface area contributed by atoms with Gasteiger partial charge in [0.15, 0.2) is 5.96 Å². The van der Waals surface area contributed by atoms with Gasteiger partial charge >= 0.3 is 0 Å². The molecule has 1 aliphatic rings. The SMILES string of the molecule is CN=C(NCCc1cccc(C)c1)N(C)CCC1CCOCC1. The number of guanidine groups is 1. The summed E-state index contributed by atoms with van der Waals surface area (Å²) in [6.07, 6.45) is 4.65. The van der Waals surface area contributed by atoms with E-state index < -0.39 is 0 Å². The Morgan fingerprint density at radius 3 is 2.83 bits per heavy atom. The minimum absolute atomic E-state index is 0.802. The highest BCUT2D eigenvalue weighted by atomic mass is 16.5. The second kappa shape index (κ2) is 9.56. The maximum absolute atomic E-state index is 5.43. The van der Waals surface area contributed by atoms with Crippen LogP contribution in [0.15, 0.2) is 29.3 Å². The molecule has 1 aromatic carbocycles. The van der Waals surface area contributed by atoms with Gasteiger partial charge in [0, 0.05) is 40.4 Å². The first-order valence-corrected chi connectivity index (χ1v) is 8.74. The van der Waals surface area contributed by atoms with Gasteiger partial charge in [-0.15, -0.1) is 0 Å². The summed E-state index contributed by atoms with van der Waals surface area (Å²) in [5.41, 5.74) is 2.69. The van der Waals surface area contributed by atoms with Gasteiger partial charge in [-0.25, -0.2) is 0 Å². The summed E-state index contributed by atoms with van der Waals surface area (Å²) >= 11 is 0. The number of hydrogen-bond acceptors (Lipinski definition) is 2. The lowest BCUT2D eigenvalue weighted by molar-refractivity contribution is 0.0625. The van der Waals surface area contributed by atoms with Gasteiger partial charge in [0.2, 0.25) is 0 Å². The topological polar surface area (TPSA) is 36.9 Å². The Balaban J connectivity index is 1.71. The van der Waals surface area contributed by atoms with Crippen LogP contribution in [0.1, 0.15) is 30.4 Å². The number of rotatable bonds is 6. The highest BCUT2D eigenvalue weighted by Crippen LogP contribution is 2.18. The lowest BCUT2D eigenvalue weighted by Crippen LogP contribution is -2.40. The Bertz CT molecular complexity index is 495. The van der Waals surface area contributed by atoms with Crippen LogP contribution in [0.3, 0.4) is 0 Å². The summed E-state index contributed by atoms with van der Waals surface area (Å²) in [6, 6.07) is 8.70. The zero-order valence-corrected chi connectivity index (χ0v) is 14.8. The first kappa shape index (κ1) is 17.8. The Morgan fingerprint density at radius 2 is 2.13 bits per heavy atom. The number of nitrogens with zero attached hydrogens (tertiary/aromatic N) is 2. The summed E-state index contributed by atoms with van der Waals surface area (Å²) in [5.74, 6) is 1.79. The molecule has 1 heterocycles. The third-order valence-electron chi connectivity index (χ3n) is 4.57. The Hall–Kier alpha value is -1.55. The van der Waals surface area contributed by atoms with Gasteiger partial charge in [0.1, 0.15) is 0 Å². The van der Waals surface area contributed by atoms with E-state index in [1.54, 1.807) is 0 Å². The molecule has 0 spiro atoms. The summed E-state index contributed by atoms with van der Waals surface area (Å²) in [5, 5.41) is 3.48. The summed E-state index contributed by atoms with van der Waals surface area (Å²) in [6.45, 7) is 5.96. The van der Waals surface area contributed by atoms with Gasteiger partial charge in [-0.2, -0.15) is 0 Å². The zero-order valence-electron chi connectivity index (χ0n) is 14.8. The predicted molar refractivity (Wildman–Crippen MR) is 97.0 cm³/mol. The molecule has 0 atom stereocenters. The van der Waals surface area contributed by atoms with Crippen LogP contribution in [0, 0.1) is 12.8 Å². The standard InChI is InChI=1S/C19H31N3O/c1-16-5-4-6-18(15-16)7-11-21-19(20-2)22(3)12-8-17-9-13-23-14-10-17/h4-6,15,17H,7-14H2,1-3H3,(H,20,21). The average molecular weight is 317 g/mol. The van der Waals surface area contributed by atoms with Gasteiger partial charge in [-0.05, 0) is 44.1 Å². The molecule has 1 saturated heterocycles. The first-order chi connectivity index (χ1) is 11.2. The second-order valence-electron chi connectivity index (χ2n) is 6.48. The van der Waals surface area contributed by atoms with Crippen LogP contribution in [0.25, 0.3) is 0 Å².